The van der Waals surface area contributed by atoms with Gasteiger partial charge < -0.3 is 19.6 Å². The molecule has 0 spiro atoms. The zero-order chi connectivity index (χ0) is 16.3. The highest BCUT2D eigenvalue weighted by Gasteiger charge is 2.22. The summed E-state index contributed by atoms with van der Waals surface area (Å²) in [4.78, 5) is 22.4. The molecule has 2 N–H and O–H groups in total. The molecule has 1 aromatic rings. The van der Waals surface area contributed by atoms with Crippen LogP contribution in [0.4, 0.5) is 0 Å². The minimum absolute atomic E-state index is 0.120. The number of carbonyl (C=O) groups is 2. The normalized spacial score (nSPS) is 11.5. The van der Waals surface area contributed by atoms with Crippen molar-refractivity contribution in [2.45, 2.75) is 40.2 Å². The third kappa shape index (κ3) is 8.86. The van der Waals surface area contributed by atoms with Gasteiger partial charge in [-0.2, -0.15) is 0 Å². The smallest absolute Gasteiger partial charge is 0.326 e. The zero-order valence-corrected chi connectivity index (χ0v) is 13.1. The summed E-state index contributed by atoms with van der Waals surface area (Å²) < 4.78 is 9.71. The monoisotopic (exact) mass is 299 g/mol. The summed E-state index contributed by atoms with van der Waals surface area (Å²) in [5, 5.41) is 11.3. The summed E-state index contributed by atoms with van der Waals surface area (Å²) in [6.07, 6.45) is 1.76. The summed E-state index contributed by atoms with van der Waals surface area (Å²) in [6.45, 7) is 9.46. The van der Waals surface area contributed by atoms with Crippen LogP contribution in [-0.2, 0) is 9.53 Å². The Hall–Kier alpha value is -1.82. The Balaban J connectivity index is 0.000000690. The van der Waals surface area contributed by atoms with Gasteiger partial charge >= 0.3 is 5.97 Å². The maximum atomic E-state index is 11.5. The Morgan fingerprint density at radius 3 is 2.29 bits per heavy atom. The second kappa shape index (κ2) is 10.9. The average molecular weight is 299 g/mol. The van der Waals surface area contributed by atoms with Crippen LogP contribution in [0.5, 0.6) is 0 Å². The van der Waals surface area contributed by atoms with E-state index in [-0.39, 0.29) is 11.7 Å². The van der Waals surface area contributed by atoms with Gasteiger partial charge in [-0.1, -0.05) is 13.8 Å². The van der Waals surface area contributed by atoms with Crippen LogP contribution in [0.2, 0.25) is 0 Å². The van der Waals surface area contributed by atoms with E-state index < -0.39 is 17.9 Å². The van der Waals surface area contributed by atoms with E-state index in [0.717, 1.165) is 13.2 Å². The number of hydrogen-bond acceptors (Lipinski definition) is 4. The third-order valence-electron chi connectivity index (χ3n) is 2.46. The first-order valence-electron chi connectivity index (χ1n) is 7.07. The van der Waals surface area contributed by atoms with Crippen molar-refractivity contribution >= 4 is 11.9 Å². The molecule has 1 heterocycles. The average Bonchev–Trinajstić information content (AvgIpc) is 2.93. The molecule has 21 heavy (non-hydrogen) atoms. The largest absolute Gasteiger partial charge is 0.480 e. The van der Waals surface area contributed by atoms with E-state index in [2.05, 4.69) is 5.32 Å². The van der Waals surface area contributed by atoms with Crippen LogP contribution in [0.1, 0.15) is 44.7 Å². The first kappa shape index (κ1) is 19.2. The molecule has 0 bridgehead atoms. The lowest BCUT2D eigenvalue weighted by molar-refractivity contribution is -0.139. The molecule has 0 saturated carbocycles. The molecule has 1 amide bonds. The molecule has 0 aliphatic rings. The molecule has 0 unspecified atom stereocenters. The van der Waals surface area contributed by atoms with Gasteiger partial charge in [-0.15, -0.1) is 0 Å². The molecular formula is C15H25NO5. The molecule has 0 aromatic carbocycles. The SMILES string of the molecule is CC(C)C[C@H](NC(=O)c1ccco1)C(=O)O.CCOCC. The number of carbonyl (C=O) groups excluding carboxylic acids is 1. The Morgan fingerprint density at radius 2 is 1.95 bits per heavy atom. The van der Waals surface area contributed by atoms with Gasteiger partial charge in [0.2, 0.25) is 0 Å². The quantitative estimate of drug-likeness (QED) is 0.807. The highest BCUT2D eigenvalue weighted by atomic mass is 16.5. The highest BCUT2D eigenvalue weighted by Crippen LogP contribution is 2.07. The summed E-state index contributed by atoms with van der Waals surface area (Å²) in [7, 11) is 0. The molecule has 0 aliphatic heterocycles. The maximum Gasteiger partial charge on any atom is 0.326 e. The van der Waals surface area contributed by atoms with Crippen molar-refractivity contribution in [1.29, 1.82) is 0 Å². The molecule has 0 aliphatic carbocycles. The predicted octanol–water partition coefficient (Wildman–Crippen LogP) is 2.55. The van der Waals surface area contributed by atoms with Crippen molar-refractivity contribution in [3.8, 4) is 0 Å². The lowest BCUT2D eigenvalue weighted by atomic mass is 10.0. The Morgan fingerprint density at radius 1 is 1.33 bits per heavy atom. The van der Waals surface area contributed by atoms with Gasteiger partial charge in [0.05, 0.1) is 6.26 Å². The Bertz CT molecular complexity index is 398. The molecule has 6 nitrogen and oxygen atoms in total. The molecular weight excluding hydrogens is 274 g/mol. The van der Waals surface area contributed by atoms with Crippen LogP contribution in [-0.4, -0.2) is 36.2 Å². The standard InChI is InChI=1S/C11H15NO4.C4H10O/c1-7(2)6-8(11(14)15)12-10(13)9-4-3-5-16-9;1-3-5-4-2/h3-5,7-8H,6H2,1-2H3,(H,12,13)(H,14,15);3-4H2,1-2H3/t8-;/m0./s1. The van der Waals surface area contributed by atoms with Gasteiger partial charge in [-0.25, -0.2) is 4.79 Å². The number of amides is 1. The minimum atomic E-state index is -1.03. The molecule has 0 fully saturated rings. The fourth-order valence-electron chi connectivity index (χ4n) is 1.53. The van der Waals surface area contributed by atoms with Crippen LogP contribution >= 0.6 is 0 Å². The second-order valence-corrected chi connectivity index (χ2v) is 4.75. The summed E-state index contributed by atoms with van der Waals surface area (Å²) in [5.41, 5.74) is 0. The lowest BCUT2D eigenvalue weighted by Gasteiger charge is -2.15. The van der Waals surface area contributed by atoms with Crippen LogP contribution in [0, 0.1) is 5.92 Å². The number of rotatable bonds is 7. The van der Waals surface area contributed by atoms with E-state index in [1.54, 1.807) is 6.07 Å². The molecule has 6 heteroatoms. The highest BCUT2D eigenvalue weighted by molar-refractivity contribution is 5.94. The van der Waals surface area contributed by atoms with Crippen LogP contribution in [0.25, 0.3) is 0 Å². The first-order valence-corrected chi connectivity index (χ1v) is 7.07. The van der Waals surface area contributed by atoms with Gasteiger partial charge in [-0.3, -0.25) is 4.79 Å². The van der Waals surface area contributed by atoms with Crippen molar-refractivity contribution in [1.82, 2.24) is 5.32 Å². The zero-order valence-electron chi connectivity index (χ0n) is 13.1. The fourth-order valence-corrected chi connectivity index (χ4v) is 1.53. The van der Waals surface area contributed by atoms with Crippen molar-refractivity contribution in [3.05, 3.63) is 24.2 Å². The Labute approximate surface area is 125 Å². The molecule has 0 radical (unpaired) electrons. The van der Waals surface area contributed by atoms with Crippen LogP contribution < -0.4 is 5.32 Å². The number of carboxylic acids is 1. The second-order valence-electron chi connectivity index (χ2n) is 4.75. The number of nitrogens with one attached hydrogen (secondary N) is 1. The molecule has 1 rings (SSSR count). The van der Waals surface area contributed by atoms with Crippen molar-refractivity contribution < 1.29 is 23.8 Å². The number of aliphatic carboxylic acids is 1. The summed E-state index contributed by atoms with van der Waals surface area (Å²) >= 11 is 0. The fraction of sp³-hybridized carbons (Fsp3) is 0.600. The van der Waals surface area contributed by atoms with Gasteiger partial charge in [-0.05, 0) is 38.3 Å². The number of carboxylic acid groups (broad SMARTS) is 1. The van der Waals surface area contributed by atoms with E-state index in [9.17, 15) is 9.59 Å². The van der Waals surface area contributed by atoms with Gasteiger partial charge in [0.25, 0.3) is 5.91 Å². The maximum absolute atomic E-state index is 11.5. The van der Waals surface area contributed by atoms with Gasteiger partial charge in [0, 0.05) is 13.2 Å². The van der Waals surface area contributed by atoms with E-state index >= 15 is 0 Å². The predicted molar refractivity (Wildman–Crippen MR) is 79.2 cm³/mol. The van der Waals surface area contributed by atoms with Crippen LogP contribution in [0.15, 0.2) is 22.8 Å². The van der Waals surface area contributed by atoms with E-state index in [1.807, 2.05) is 27.7 Å². The summed E-state index contributed by atoms with van der Waals surface area (Å²) in [5.74, 6) is -1.22. The first-order chi connectivity index (χ1) is 9.92. The van der Waals surface area contributed by atoms with Crippen molar-refractivity contribution in [2.24, 2.45) is 5.92 Å². The minimum Gasteiger partial charge on any atom is -0.480 e. The summed E-state index contributed by atoms with van der Waals surface area (Å²) in [6, 6.07) is 2.19. The number of hydrogen-bond donors (Lipinski definition) is 2. The topological polar surface area (TPSA) is 88.8 Å². The van der Waals surface area contributed by atoms with E-state index in [1.165, 1.54) is 12.3 Å². The van der Waals surface area contributed by atoms with Crippen molar-refractivity contribution in [3.63, 3.8) is 0 Å². The van der Waals surface area contributed by atoms with Gasteiger partial charge in [0.15, 0.2) is 5.76 Å². The van der Waals surface area contributed by atoms with Gasteiger partial charge in [0.1, 0.15) is 6.04 Å². The van der Waals surface area contributed by atoms with E-state index in [0.29, 0.717) is 6.42 Å². The van der Waals surface area contributed by atoms with Crippen LogP contribution in [0.3, 0.4) is 0 Å². The number of furan rings is 1. The molecule has 0 saturated heterocycles. The molecule has 1 atom stereocenters. The van der Waals surface area contributed by atoms with E-state index in [4.69, 9.17) is 14.3 Å². The molecule has 1 aromatic heterocycles. The number of ether oxygens (including phenoxy) is 1. The molecule has 120 valence electrons. The van der Waals surface area contributed by atoms with Crippen molar-refractivity contribution in [2.75, 3.05) is 13.2 Å². The third-order valence-corrected chi connectivity index (χ3v) is 2.46. The lowest BCUT2D eigenvalue weighted by Crippen LogP contribution is -2.41. The Kier molecular flexibility index (Phi) is 9.96.